The van der Waals surface area contributed by atoms with Crippen LogP contribution in [0.4, 0.5) is 0 Å². The van der Waals surface area contributed by atoms with Gasteiger partial charge in [0.05, 0.1) is 5.52 Å². The molecule has 2 heterocycles. The number of likely N-dealkylation sites (tertiary alicyclic amines) is 1. The van der Waals surface area contributed by atoms with Crippen LogP contribution in [-0.4, -0.2) is 22.6 Å². The second-order valence-electron chi connectivity index (χ2n) is 5.80. The number of aromatic nitrogens is 1. The van der Waals surface area contributed by atoms with Crippen LogP contribution in [0, 0.1) is 0 Å². The molecular weight excluding hydrogens is 256 g/mol. The first kappa shape index (κ1) is 13.0. The van der Waals surface area contributed by atoms with Gasteiger partial charge in [0.25, 0.3) is 0 Å². The Bertz CT molecular complexity index is 580. The quantitative estimate of drug-likeness (QED) is 0.803. The van der Waals surface area contributed by atoms with E-state index in [4.69, 9.17) is 11.6 Å². The zero-order valence-corrected chi connectivity index (χ0v) is 12.5. The van der Waals surface area contributed by atoms with Gasteiger partial charge in [0.15, 0.2) is 0 Å². The molecule has 0 atom stereocenters. The van der Waals surface area contributed by atoms with E-state index < -0.39 is 0 Å². The van der Waals surface area contributed by atoms with Gasteiger partial charge in [-0.15, -0.1) is 0 Å². The SMILES string of the molecule is CC(C)n1cc(CN2CCCC2)c2ccc(Cl)cc21. The minimum absolute atomic E-state index is 0.466. The molecule has 0 saturated carbocycles. The van der Waals surface area contributed by atoms with Crippen molar-refractivity contribution in [2.45, 2.75) is 39.3 Å². The van der Waals surface area contributed by atoms with Crippen molar-refractivity contribution in [2.24, 2.45) is 0 Å². The molecule has 0 radical (unpaired) electrons. The van der Waals surface area contributed by atoms with E-state index in [1.165, 1.54) is 42.4 Å². The van der Waals surface area contributed by atoms with Gasteiger partial charge < -0.3 is 4.57 Å². The van der Waals surface area contributed by atoms with Crippen LogP contribution in [0.15, 0.2) is 24.4 Å². The number of hydrogen-bond acceptors (Lipinski definition) is 1. The molecule has 0 unspecified atom stereocenters. The monoisotopic (exact) mass is 276 g/mol. The van der Waals surface area contributed by atoms with Gasteiger partial charge in [-0.3, -0.25) is 4.90 Å². The van der Waals surface area contributed by atoms with E-state index >= 15 is 0 Å². The summed E-state index contributed by atoms with van der Waals surface area (Å²) in [6.45, 7) is 7.99. The van der Waals surface area contributed by atoms with Crippen molar-refractivity contribution in [3.63, 3.8) is 0 Å². The van der Waals surface area contributed by atoms with E-state index in [0.29, 0.717) is 6.04 Å². The molecule has 1 aromatic heterocycles. The summed E-state index contributed by atoms with van der Waals surface area (Å²) in [5.41, 5.74) is 2.69. The molecule has 1 aliphatic heterocycles. The fourth-order valence-corrected chi connectivity index (χ4v) is 3.20. The number of hydrogen-bond donors (Lipinski definition) is 0. The number of fused-ring (bicyclic) bond motifs is 1. The van der Waals surface area contributed by atoms with Crippen LogP contribution in [0.1, 0.15) is 38.3 Å². The van der Waals surface area contributed by atoms with E-state index in [2.05, 4.69) is 41.6 Å². The highest BCUT2D eigenvalue weighted by atomic mass is 35.5. The Kier molecular flexibility index (Phi) is 3.55. The third-order valence-corrected chi connectivity index (χ3v) is 4.26. The molecule has 0 aliphatic carbocycles. The van der Waals surface area contributed by atoms with Gasteiger partial charge in [-0.05, 0) is 57.5 Å². The van der Waals surface area contributed by atoms with Gasteiger partial charge in [0.1, 0.15) is 0 Å². The van der Waals surface area contributed by atoms with Crippen LogP contribution >= 0.6 is 11.6 Å². The molecule has 0 amide bonds. The molecule has 0 bridgehead atoms. The predicted molar refractivity (Wildman–Crippen MR) is 81.8 cm³/mol. The average molecular weight is 277 g/mol. The molecule has 1 aliphatic rings. The molecule has 1 saturated heterocycles. The fourth-order valence-electron chi connectivity index (χ4n) is 3.03. The van der Waals surface area contributed by atoms with E-state index in [-0.39, 0.29) is 0 Å². The first-order valence-electron chi connectivity index (χ1n) is 7.16. The first-order valence-corrected chi connectivity index (χ1v) is 7.54. The maximum Gasteiger partial charge on any atom is 0.0501 e. The van der Waals surface area contributed by atoms with E-state index in [1.807, 2.05) is 6.07 Å². The maximum atomic E-state index is 6.15. The topological polar surface area (TPSA) is 8.17 Å². The summed E-state index contributed by atoms with van der Waals surface area (Å²) in [7, 11) is 0. The summed E-state index contributed by atoms with van der Waals surface area (Å²) < 4.78 is 2.34. The molecule has 2 nitrogen and oxygen atoms in total. The van der Waals surface area contributed by atoms with Gasteiger partial charge in [0, 0.05) is 29.2 Å². The van der Waals surface area contributed by atoms with Crippen molar-refractivity contribution >= 4 is 22.5 Å². The lowest BCUT2D eigenvalue weighted by atomic mass is 10.1. The molecule has 3 rings (SSSR count). The minimum Gasteiger partial charge on any atom is -0.345 e. The third-order valence-electron chi connectivity index (χ3n) is 4.03. The molecule has 3 heteroatoms. The second-order valence-corrected chi connectivity index (χ2v) is 6.24. The summed E-state index contributed by atoms with van der Waals surface area (Å²) in [5, 5.41) is 2.17. The number of nitrogens with zero attached hydrogens (tertiary/aromatic N) is 2. The fraction of sp³-hybridized carbons (Fsp3) is 0.500. The number of benzene rings is 1. The van der Waals surface area contributed by atoms with Gasteiger partial charge in [0.2, 0.25) is 0 Å². The van der Waals surface area contributed by atoms with Gasteiger partial charge in [-0.25, -0.2) is 0 Å². The number of halogens is 1. The minimum atomic E-state index is 0.466. The smallest absolute Gasteiger partial charge is 0.0501 e. The Balaban J connectivity index is 2.03. The summed E-state index contributed by atoms with van der Waals surface area (Å²) in [6.07, 6.45) is 4.99. The standard InChI is InChI=1S/C16H21ClN2/c1-12(2)19-11-13(10-18-7-3-4-8-18)15-6-5-14(17)9-16(15)19/h5-6,9,11-12H,3-4,7-8,10H2,1-2H3. The van der Waals surface area contributed by atoms with Crippen molar-refractivity contribution < 1.29 is 0 Å². The zero-order chi connectivity index (χ0) is 13.4. The normalized spacial score (nSPS) is 16.8. The molecule has 1 aromatic carbocycles. The van der Waals surface area contributed by atoms with Gasteiger partial charge in [-0.2, -0.15) is 0 Å². The Morgan fingerprint density at radius 1 is 1.21 bits per heavy atom. The van der Waals surface area contributed by atoms with Crippen LogP contribution in [0.3, 0.4) is 0 Å². The number of rotatable bonds is 3. The third kappa shape index (κ3) is 2.52. The first-order chi connectivity index (χ1) is 9.15. The molecule has 1 fully saturated rings. The Hall–Kier alpha value is -0.990. The van der Waals surface area contributed by atoms with Crippen molar-refractivity contribution in [2.75, 3.05) is 13.1 Å². The van der Waals surface area contributed by atoms with Crippen molar-refractivity contribution in [3.05, 3.63) is 35.0 Å². The lowest BCUT2D eigenvalue weighted by Gasteiger charge is -2.13. The second kappa shape index (κ2) is 5.18. The molecular formula is C16H21ClN2. The Labute approximate surface area is 120 Å². The molecule has 2 aromatic rings. The van der Waals surface area contributed by atoms with Crippen LogP contribution in [-0.2, 0) is 6.54 Å². The zero-order valence-electron chi connectivity index (χ0n) is 11.7. The summed E-state index contributed by atoms with van der Waals surface area (Å²) in [4.78, 5) is 2.55. The Morgan fingerprint density at radius 3 is 2.63 bits per heavy atom. The average Bonchev–Trinajstić information content (AvgIpc) is 2.97. The van der Waals surface area contributed by atoms with Crippen LogP contribution in [0.2, 0.25) is 5.02 Å². The van der Waals surface area contributed by atoms with E-state index in [0.717, 1.165) is 11.6 Å². The van der Waals surface area contributed by atoms with Crippen molar-refractivity contribution in [3.8, 4) is 0 Å². The molecule has 0 N–H and O–H groups in total. The highest BCUT2D eigenvalue weighted by Gasteiger charge is 2.16. The molecule has 0 spiro atoms. The largest absolute Gasteiger partial charge is 0.345 e. The molecule has 102 valence electrons. The predicted octanol–water partition coefficient (Wildman–Crippen LogP) is 4.47. The lowest BCUT2D eigenvalue weighted by molar-refractivity contribution is 0.332. The van der Waals surface area contributed by atoms with Gasteiger partial charge >= 0.3 is 0 Å². The highest BCUT2D eigenvalue weighted by Crippen LogP contribution is 2.29. The van der Waals surface area contributed by atoms with Crippen molar-refractivity contribution in [1.82, 2.24) is 9.47 Å². The van der Waals surface area contributed by atoms with Crippen LogP contribution in [0.25, 0.3) is 10.9 Å². The van der Waals surface area contributed by atoms with E-state index in [9.17, 15) is 0 Å². The van der Waals surface area contributed by atoms with Crippen molar-refractivity contribution in [1.29, 1.82) is 0 Å². The summed E-state index contributed by atoms with van der Waals surface area (Å²) >= 11 is 6.15. The maximum absolute atomic E-state index is 6.15. The molecule has 19 heavy (non-hydrogen) atoms. The Morgan fingerprint density at radius 2 is 1.95 bits per heavy atom. The summed E-state index contributed by atoms with van der Waals surface area (Å²) in [5.74, 6) is 0. The lowest BCUT2D eigenvalue weighted by Crippen LogP contribution is -2.18. The van der Waals surface area contributed by atoms with E-state index in [1.54, 1.807) is 0 Å². The van der Waals surface area contributed by atoms with Crippen LogP contribution in [0.5, 0.6) is 0 Å². The van der Waals surface area contributed by atoms with Gasteiger partial charge in [-0.1, -0.05) is 17.7 Å². The summed E-state index contributed by atoms with van der Waals surface area (Å²) in [6, 6.07) is 6.72. The van der Waals surface area contributed by atoms with Crippen LogP contribution < -0.4 is 0 Å². The highest BCUT2D eigenvalue weighted by molar-refractivity contribution is 6.31.